The summed E-state index contributed by atoms with van der Waals surface area (Å²) in [6.07, 6.45) is 0.929. The number of benzene rings is 2. The van der Waals surface area contributed by atoms with Crippen LogP contribution in [0.1, 0.15) is 11.1 Å². The number of halogens is 1. The number of nitrogens with zero attached hydrogens (tertiary/aromatic N) is 1. The van der Waals surface area contributed by atoms with E-state index in [1.54, 1.807) is 19.2 Å². The minimum Gasteiger partial charge on any atom is -0.408 e. The number of carbonyl (C=O) groups is 1. The number of hydrogen-bond acceptors (Lipinski definition) is 3. The van der Waals surface area contributed by atoms with Crippen LogP contribution in [0.3, 0.4) is 0 Å². The molecule has 1 amide bonds. The summed E-state index contributed by atoms with van der Waals surface area (Å²) in [4.78, 5) is 23.5. The first-order valence-electron chi connectivity index (χ1n) is 7.63. The largest absolute Gasteiger partial charge is 0.419 e. The van der Waals surface area contributed by atoms with Crippen molar-refractivity contribution in [2.75, 3.05) is 6.54 Å². The predicted octanol–water partition coefficient (Wildman–Crippen LogP) is 2.69. The SMILES string of the molecule is Cn1c(=O)oc2ccc(CCNC(=O)Cc3ccccc3Cl)cc21. The molecule has 24 heavy (non-hydrogen) atoms. The maximum atomic E-state index is 12.0. The Morgan fingerprint density at radius 3 is 2.83 bits per heavy atom. The Balaban J connectivity index is 1.58. The number of aromatic nitrogens is 1. The highest BCUT2D eigenvalue weighted by atomic mass is 35.5. The van der Waals surface area contributed by atoms with E-state index in [2.05, 4.69) is 5.32 Å². The van der Waals surface area contributed by atoms with Gasteiger partial charge < -0.3 is 9.73 Å². The van der Waals surface area contributed by atoms with Crippen molar-refractivity contribution in [2.45, 2.75) is 12.8 Å². The lowest BCUT2D eigenvalue weighted by Gasteiger charge is -2.07. The summed E-state index contributed by atoms with van der Waals surface area (Å²) < 4.78 is 6.57. The van der Waals surface area contributed by atoms with E-state index >= 15 is 0 Å². The quantitative estimate of drug-likeness (QED) is 0.774. The molecule has 0 spiro atoms. The number of carbonyl (C=O) groups excluding carboxylic acids is 1. The smallest absolute Gasteiger partial charge is 0.408 e. The van der Waals surface area contributed by atoms with Gasteiger partial charge >= 0.3 is 5.76 Å². The number of oxazole rings is 1. The van der Waals surface area contributed by atoms with Crippen molar-refractivity contribution in [1.82, 2.24) is 9.88 Å². The zero-order valence-corrected chi connectivity index (χ0v) is 14.0. The molecule has 1 N–H and O–H groups in total. The minimum absolute atomic E-state index is 0.0695. The number of rotatable bonds is 5. The molecule has 0 saturated carbocycles. The van der Waals surface area contributed by atoms with E-state index in [-0.39, 0.29) is 18.1 Å². The predicted molar refractivity (Wildman–Crippen MR) is 93.3 cm³/mol. The average molecular weight is 345 g/mol. The Kier molecular flexibility index (Phi) is 4.71. The second-order valence-corrected chi connectivity index (χ2v) is 6.00. The maximum absolute atomic E-state index is 12.0. The van der Waals surface area contributed by atoms with Crippen LogP contribution in [0.4, 0.5) is 0 Å². The van der Waals surface area contributed by atoms with Gasteiger partial charge in [0.1, 0.15) is 0 Å². The van der Waals surface area contributed by atoms with Crippen LogP contribution in [0.5, 0.6) is 0 Å². The lowest BCUT2D eigenvalue weighted by Crippen LogP contribution is -2.27. The molecular weight excluding hydrogens is 328 g/mol. The van der Waals surface area contributed by atoms with Crippen LogP contribution in [-0.2, 0) is 24.7 Å². The van der Waals surface area contributed by atoms with Gasteiger partial charge in [0.15, 0.2) is 5.58 Å². The standard InChI is InChI=1S/C18H17ClN2O3/c1-21-15-10-12(6-7-16(15)24-18(21)23)8-9-20-17(22)11-13-4-2-3-5-14(13)19/h2-7,10H,8-9,11H2,1H3,(H,20,22). The normalized spacial score (nSPS) is 10.9. The second-order valence-electron chi connectivity index (χ2n) is 5.60. The Hall–Kier alpha value is -2.53. The van der Waals surface area contributed by atoms with E-state index in [1.807, 2.05) is 30.3 Å². The third-order valence-electron chi connectivity index (χ3n) is 3.90. The molecule has 0 aliphatic rings. The summed E-state index contributed by atoms with van der Waals surface area (Å²) in [6, 6.07) is 12.9. The molecule has 0 radical (unpaired) electrons. The lowest BCUT2D eigenvalue weighted by atomic mass is 10.1. The third kappa shape index (κ3) is 3.51. The van der Waals surface area contributed by atoms with Crippen molar-refractivity contribution in [2.24, 2.45) is 7.05 Å². The van der Waals surface area contributed by atoms with Gasteiger partial charge in [-0.25, -0.2) is 4.79 Å². The Morgan fingerprint density at radius 1 is 1.25 bits per heavy atom. The second kappa shape index (κ2) is 6.93. The summed E-state index contributed by atoms with van der Waals surface area (Å²) in [5, 5.41) is 3.48. The molecule has 1 heterocycles. The van der Waals surface area contributed by atoms with Crippen molar-refractivity contribution >= 4 is 28.6 Å². The Labute approximate surface area is 143 Å². The summed E-state index contributed by atoms with van der Waals surface area (Å²) in [6.45, 7) is 0.514. The van der Waals surface area contributed by atoms with Crippen LogP contribution in [0, 0.1) is 0 Å². The lowest BCUT2D eigenvalue weighted by molar-refractivity contribution is -0.120. The van der Waals surface area contributed by atoms with E-state index in [4.69, 9.17) is 16.0 Å². The molecule has 6 heteroatoms. The average Bonchev–Trinajstić information content (AvgIpc) is 2.84. The molecule has 124 valence electrons. The minimum atomic E-state index is -0.379. The van der Waals surface area contributed by atoms with Crippen LogP contribution in [-0.4, -0.2) is 17.0 Å². The molecule has 0 atom stereocenters. The maximum Gasteiger partial charge on any atom is 0.419 e. The van der Waals surface area contributed by atoms with Crippen molar-refractivity contribution in [3.8, 4) is 0 Å². The number of nitrogens with one attached hydrogen (secondary N) is 1. The van der Waals surface area contributed by atoms with Gasteiger partial charge in [-0.15, -0.1) is 0 Å². The fourth-order valence-electron chi connectivity index (χ4n) is 2.55. The molecule has 0 bridgehead atoms. The van der Waals surface area contributed by atoms with Crippen LogP contribution < -0.4 is 11.1 Å². The summed E-state index contributed by atoms with van der Waals surface area (Å²) in [5.41, 5.74) is 3.15. The van der Waals surface area contributed by atoms with E-state index < -0.39 is 0 Å². The van der Waals surface area contributed by atoms with E-state index in [1.165, 1.54) is 4.57 Å². The van der Waals surface area contributed by atoms with Crippen LogP contribution in [0.25, 0.3) is 11.1 Å². The van der Waals surface area contributed by atoms with E-state index in [0.29, 0.717) is 23.6 Å². The monoisotopic (exact) mass is 344 g/mol. The number of aryl methyl sites for hydroxylation is 1. The fraction of sp³-hybridized carbons (Fsp3) is 0.222. The van der Waals surface area contributed by atoms with Crippen LogP contribution in [0.2, 0.25) is 5.02 Å². The molecule has 0 saturated heterocycles. The number of amides is 1. The van der Waals surface area contributed by atoms with Crippen molar-refractivity contribution in [3.63, 3.8) is 0 Å². The van der Waals surface area contributed by atoms with Gasteiger partial charge in [0.25, 0.3) is 0 Å². The molecular formula is C18H17ClN2O3. The van der Waals surface area contributed by atoms with Gasteiger partial charge in [-0.3, -0.25) is 9.36 Å². The first-order chi connectivity index (χ1) is 11.5. The number of hydrogen-bond donors (Lipinski definition) is 1. The molecule has 0 fully saturated rings. The van der Waals surface area contributed by atoms with Crippen molar-refractivity contribution in [3.05, 3.63) is 69.2 Å². The van der Waals surface area contributed by atoms with Gasteiger partial charge in [0.2, 0.25) is 5.91 Å². The Morgan fingerprint density at radius 2 is 2.04 bits per heavy atom. The molecule has 3 rings (SSSR count). The van der Waals surface area contributed by atoms with Gasteiger partial charge in [-0.05, 0) is 35.7 Å². The summed E-state index contributed by atoms with van der Waals surface area (Å²) in [5.74, 6) is -0.449. The first-order valence-corrected chi connectivity index (χ1v) is 8.01. The molecule has 1 aromatic heterocycles. The zero-order chi connectivity index (χ0) is 17.1. The van der Waals surface area contributed by atoms with E-state index in [0.717, 1.165) is 16.6 Å². The molecule has 0 aliphatic carbocycles. The van der Waals surface area contributed by atoms with Gasteiger partial charge in [0.05, 0.1) is 11.9 Å². The van der Waals surface area contributed by atoms with Gasteiger partial charge in [-0.1, -0.05) is 35.9 Å². The van der Waals surface area contributed by atoms with Crippen LogP contribution >= 0.6 is 11.6 Å². The highest BCUT2D eigenvalue weighted by Crippen LogP contribution is 2.16. The molecule has 3 aromatic rings. The van der Waals surface area contributed by atoms with E-state index in [9.17, 15) is 9.59 Å². The zero-order valence-electron chi connectivity index (χ0n) is 13.2. The highest BCUT2D eigenvalue weighted by molar-refractivity contribution is 6.31. The fourth-order valence-corrected chi connectivity index (χ4v) is 2.75. The highest BCUT2D eigenvalue weighted by Gasteiger charge is 2.08. The summed E-state index contributed by atoms with van der Waals surface area (Å²) in [7, 11) is 1.67. The van der Waals surface area contributed by atoms with Crippen molar-refractivity contribution < 1.29 is 9.21 Å². The third-order valence-corrected chi connectivity index (χ3v) is 4.27. The van der Waals surface area contributed by atoms with Crippen molar-refractivity contribution in [1.29, 1.82) is 0 Å². The first kappa shape index (κ1) is 16.3. The van der Waals surface area contributed by atoms with Gasteiger partial charge in [0, 0.05) is 18.6 Å². The molecule has 0 aliphatic heterocycles. The topological polar surface area (TPSA) is 64.2 Å². The summed E-state index contributed by atoms with van der Waals surface area (Å²) >= 11 is 6.05. The van der Waals surface area contributed by atoms with Crippen LogP contribution in [0.15, 0.2) is 51.7 Å². The van der Waals surface area contributed by atoms with Gasteiger partial charge in [-0.2, -0.15) is 0 Å². The molecule has 5 nitrogen and oxygen atoms in total. The number of fused-ring (bicyclic) bond motifs is 1. The molecule has 2 aromatic carbocycles. The Bertz CT molecular complexity index is 943. The molecule has 0 unspecified atom stereocenters.